The molecule has 2 heterocycles. The van der Waals surface area contributed by atoms with Gasteiger partial charge in [-0.2, -0.15) is 0 Å². The molecular formula is C28H30N2O6S. The molecule has 9 heteroatoms. The van der Waals surface area contributed by atoms with Crippen molar-refractivity contribution in [3.63, 3.8) is 0 Å². The number of carbonyl (C=O) groups excluding carboxylic acids is 1. The molecule has 0 bridgehead atoms. The Morgan fingerprint density at radius 1 is 1.11 bits per heavy atom. The van der Waals surface area contributed by atoms with Crippen LogP contribution in [0.4, 0.5) is 0 Å². The molecule has 0 spiro atoms. The standard InChI is InChI=1S/C28H30N2O6S/c1-7-35-20-11-9-19(10-12-20)25-24(27(32)36-16(2)3)17(4)29-28-30(25)26(31)23(37-28)15-18-8-13-21(33-5)22(14-18)34-6/h8-16,25H,7H2,1-6H3/b23-15+/t25-/m0/s1. The lowest BCUT2D eigenvalue weighted by Gasteiger charge is -2.25. The van der Waals surface area contributed by atoms with Crippen molar-refractivity contribution in [2.45, 2.75) is 39.8 Å². The third-order valence-electron chi connectivity index (χ3n) is 5.80. The fraction of sp³-hybridized carbons (Fsp3) is 0.321. The number of benzene rings is 2. The van der Waals surface area contributed by atoms with Gasteiger partial charge in [-0.3, -0.25) is 9.36 Å². The second-order valence-corrected chi connectivity index (χ2v) is 9.66. The molecule has 3 aromatic rings. The van der Waals surface area contributed by atoms with E-state index in [0.29, 0.717) is 44.5 Å². The molecule has 37 heavy (non-hydrogen) atoms. The van der Waals surface area contributed by atoms with E-state index in [0.717, 1.165) is 11.1 Å². The third-order valence-corrected chi connectivity index (χ3v) is 6.78. The molecule has 0 aliphatic carbocycles. The molecular weight excluding hydrogens is 492 g/mol. The van der Waals surface area contributed by atoms with Crippen molar-refractivity contribution in [3.8, 4) is 17.2 Å². The number of nitrogens with zero attached hydrogens (tertiary/aromatic N) is 2. The van der Waals surface area contributed by atoms with Crippen LogP contribution in [0.15, 0.2) is 63.5 Å². The molecule has 8 nitrogen and oxygen atoms in total. The number of carbonyl (C=O) groups is 1. The summed E-state index contributed by atoms with van der Waals surface area (Å²) in [5.41, 5.74) is 2.13. The van der Waals surface area contributed by atoms with Crippen molar-refractivity contribution in [1.29, 1.82) is 0 Å². The maximum atomic E-state index is 13.8. The number of methoxy groups -OCH3 is 2. The van der Waals surface area contributed by atoms with Gasteiger partial charge < -0.3 is 18.9 Å². The van der Waals surface area contributed by atoms with Crippen LogP contribution in [0.1, 0.15) is 44.9 Å². The van der Waals surface area contributed by atoms with Crippen molar-refractivity contribution in [3.05, 3.63) is 84.5 Å². The summed E-state index contributed by atoms with van der Waals surface area (Å²) in [6.07, 6.45) is 1.47. The highest BCUT2D eigenvalue weighted by atomic mass is 32.1. The van der Waals surface area contributed by atoms with E-state index in [-0.39, 0.29) is 11.7 Å². The Labute approximate surface area is 219 Å². The van der Waals surface area contributed by atoms with Crippen molar-refractivity contribution >= 4 is 23.4 Å². The maximum absolute atomic E-state index is 13.8. The predicted octanol–water partition coefficient (Wildman–Crippen LogP) is 3.60. The maximum Gasteiger partial charge on any atom is 0.338 e. The Morgan fingerprint density at radius 2 is 1.81 bits per heavy atom. The number of hydrogen-bond acceptors (Lipinski definition) is 8. The molecule has 0 radical (unpaired) electrons. The lowest BCUT2D eigenvalue weighted by Crippen LogP contribution is -2.40. The van der Waals surface area contributed by atoms with E-state index in [4.69, 9.17) is 18.9 Å². The Morgan fingerprint density at radius 3 is 2.43 bits per heavy atom. The second-order valence-electron chi connectivity index (χ2n) is 8.65. The summed E-state index contributed by atoms with van der Waals surface area (Å²) in [4.78, 5) is 32.1. The predicted molar refractivity (Wildman–Crippen MR) is 142 cm³/mol. The van der Waals surface area contributed by atoms with E-state index in [1.807, 2.05) is 37.3 Å². The fourth-order valence-electron chi connectivity index (χ4n) is 4.18. The molecule has 0 amide bonds. The van der Waals surface area contributed by atoms with Crippen LogP contribution in [0.2, 0.25) is 0 Å². The van der Waals surface area contributed by atoms with E-state index in [1.165, 1.54) is 11.3 Å². The van der Waals surface area contributed by atoms with Gasteiger partial charge in [-0.15, -0.1) is 0 Å². The van der Waals surface area contributed by atoms with Gasteiger partial charge in [-0.05, 0) is 69.2 Å². The van der Waals surface area contributed by atoms with Gasteiger partial charge in [0.15, 0.2) is 16.3 Å². The lowest BCUT2D eigenvalue weighted by molar-refractivity contribution is -0.143. The molecule has 0 N–H and O–H groups in total. The van der Waals surface area contributed by atoms with E-state index in [1.54, 1.807) is 57.8 Å². The van der Waals surface area contributed by atoms with Gasteiger partial charge in [0.05, 0.1) is 48.8 Å². The second kappa shape index (κ2) is 11.0. The number of allylic oxidation sites excluding steroid dienone is 1. The van der Waals surface area contributed by atoms with E-state index in [9.17, 15) is 9.59 Å². The SMILES string of the molecule is CCOc1ccc([C@H]2C(C(=O)OC(C)C)=C(C)N=c3s/c(=C/c4ccc(OC)c(OC)c4)c(=O)n32)cc1. The number of ether oxygens (including phenoxy) is 4. The minimum absolute atomic E-state index is 0.250. The van der Waals surface area contributed by atoms with Gasteiger partial charge in [0.1, 0.15) is 5.75 Å². The molecule has 0 unspecified atom stereocenters. The molecule has 0 fully saturated rings. The summed E-state index contributed by atoms with van der Waals surface area (Å²) in [5.74, 6) is 1.37. The number of fused-ring (bicyclic) bond motifs is 1. The summed E-state index contributed by atoms with van der Waals surface area (Å²) < 4.78 is 23.9. The molecule has 1 aromatic heterocycles. The van der Waals surface area contributed by atoms with Crippen LogP contribution in [0.25, 0.3) is 6.08 Å². The average Bonchev–Trinajstić information content (AvgIpc) is 3.17. The molecule has 1 aliphatic rings. The molecule has 194 valence electrons. The van der Waals surface area contributed by atoms with Crippen LogP contribution >= 0.6 is 11.3 Å². The summed E-state index contributed by atoms with van der Waals surface area (Å²) in [5, 5.41) is 0. The zero-order chi connectivity index (χ0) is 26.7. The van der Waals surface area contributed by atoms with E-state index in [2.05, 4.69) is 4.99 Å². The Bertz CT molecular complexity index is 1520. The van der Waals surface area contributed by atoms with E-state index >= 15 is 0 Å². The highest BCUT2D eigenvalue weighted by Crippen LogP contribution is 2.32. The monoisotopic (exact) mass is 522 g/mol. The zero-order valence-corrected chi connectivity index (χ0v) is 22.5. The van der Waals surface area contributed by atoms with Crippen LogP contribution in [-0.2, 0) is 9.53 Å². The van der Waals surface area contributed by atoms with Crippen molar-refractivity contribution < 1.29 is 23.7 Å². The lowest BCUT2D eigenvalue weighted by atomic mass is 9.96. The highest BCUT2D eigenvalue weighted by molar-refractivity contribution is 7.07. The van der Waals surface area contributed by atoms with Gasteiger partial charge in [0.25, 0.3) is 5.56 Å². The Hall–Kier alpha value is -3.85. The summed E-state index contributed by atoms with van der Waals surface area (Å²) >= 11 is 1.27. The zero-order valence-electron chi connectivity index (χ0n) is 21.7. The number of aromatic nitrogens is 1. The quantitative estimate of drug-likeness (QED) is 0.420. The Balaban J connectivity index is 1.89. The first-order valence-electron chi connectivity index (χ1n) is 12.0. The molecule has 2 aromatic carbocycles. The van der Waals surface area contributed by atoms with Crippen molar-refractivity contribution in [2.75, 3.05) is 20.8 Å². The number of hydrogen-bond donors (Lipinski definition) is 0. The summed E-state index contributed by atoms with van der Waals surface area (Å²) in [6, 6.07) is 12.1. The summed E-state index contributed by atoms with van der Waals surface area (Å²) in [7, 11) is 3.13. The van der Waals surface area contributed by atoms with Crippen molar-refractivity contribution in [2.24, 2.45) is 4.99 Å². The molecule has 1 aliphatic heterocycles. The Kier molecular flexibility index (Phi) is 7.83. The van der Waals surface area contributed by atoms with Crippen LogP contribution in [0.3, 0.4) is 0 Å². The summed E-state index contributed by atoms with van der Waals surface area (Å²) in [6.45, 7) is 7.80. The van der Waals surface area contributed by atoms with Gasteiger partial charge >= 0.3 is 5.97 Å². The van der Waals surface area contributed by atoms with Gasteiger partial charge in [-0.1, -0.05) is 29.5 Å². The first-order valence-corrected chi connectivity index (χ1v) is 12.8. The number of thiazole rings is 1. The normalized spacial score (nSPS) is 15.3. The van der Waals surface area contributed by atoms with Gasteiger partial charge in [0.2, 0.25) is 0 Å². The first kappa shape index (κ1) is 26.2. The topological polar surface area (TPSA) is 88.4 Å². The molecule has 1 atom stereocenters. The molecule has 0 saturated carbocycles. The minimum atomic E-state index is -0.689. The first-order chi connectivity index (χ1) is 17.8. The smallest absolute Gasteiger partial charge is 0.338 e. The largest absolute Gasteiger partial charge is 0.494 e. The van der Waals surface area contributed by atoms with E-state index < -0.39 is 12.0 Å². The van der Waals surface area contributed by atoms with Crippen LogP contribution in [0.5, 0.6) is 17.2 Å². The minimum Gasteiger partial charge on any atom is -0.494 e. The van der Waals surface area contributed by atoms with Gasteiger partial charge in [-0.25, -0.2) is 9.79 Å². The number of esters is 1. The van der Waals surface area contributed by atoms with Crippen LogP contribution in [-0.4, -0.2) is 37.5 Å². The third kappa shape index (κ3) is 5.32. The van der Waals surface area contributed by atoms with Crippen LogP contribution in [0, 0.1) is 0 Å². The fourth-order valence-corrected chi connectivity index (χ4v) is 5.23. The molecule has 4 rings (SSSR count). The number of rotatable bonds is 8. The average molecular weight is 523 g/mol. The van der Waals surface area contributed by atoms with Crippen LogP contribution < -0.4 is 29.1 Å². The van der Waals surface area contributed by atoms with Gasteiger partial charge in [0, 0.05) is 0 Å². The van der Waals surface area contributed by atoms with Crippen molar-refractivity contribution in [1.82, 2.24) is 4.57 Å². The molecule has 0 saturated heterocycles. The highest BCUT2D eigenvalue weighted by Gasteiger charge is 2.33.